The van der Waals surface area contributed by atoms with E-state index in [9.17, 15) is 23.1 Å². The molecular weight excluding hydrogens is 437 g/mol. The maximum Gasteiger partial charge on any atom is 0.264 e. The van der Waals surface area contributed by atoms with Crippen molar-refractivity contribution in [1.29, 1.82) is 0 Å². The Balaban J connectivity index is 1.43. The molecule has 2 aliphatic heterocycles. The molecule has 2 aliphatic rings. The maximum absolute atomic E-state index is 14.6. The van der Waals surface area contributed by atoms with Gasteiger partial charge in [0.05, 0.1) is 23.2 Å². The number of hydrogen-bond donors (Lipinski definition) is 2. The molecular formula is C22H23F3N6O2. The van der Waals surface area contributed by atoms with Gasteiger partial charge in [-0.2, -0.15) is 0 Å². The standard InChI is InChI=1S/C22H23F3N6O2/c1-3-31-10-16(23)13-6-15(17(32)7-14(13)21(31)33)20-26-9-19(28-29-20)30(2)12-4-11-8-22(24,25)18(5-12)27-11/h6-7,9-12,18,27,32H,3-5,8H2,1-2H3/t11?,12-,18?/m0/s1. The highest BCUT2D eigenvalue weighted by Gasteiger charge is 2.53. The zero-order valence-electron chi connectivity index (χ0n) is 18.1. The van der Waals surface area contributed by atoms with E-state index in [4.69, 9.17) is 0 Å². The number of pyridine rings is 1. The number of aromatic nitrogens is 4. The molecule has 2 unspecified atom stereocenters. The zero-order valence-corrected chi connectivity index (χ0v) is 18.1. The molecule has 2 bridgehead atoms. The summed E-state index contributed by atoms with van der Waals surface area (Å²) in [6.07, 6.45) is 3.25. The third-order valence-corrected chi connectivity index (χ3v) is 6.72. The van der Waals surface area contributed by atoms with E-state index >= 15 is 0 Å². The molecule has 11 heteroatoms. The van der Waals surface area contributed by atoms with E-state index in [2.05, 4.69) is 20.5 Å². The Morgan fingerprint density at radius 2 is 2.06 bits per heavy atom. The first-order valence-corrected chi connectivity index (χ1v) is 10.8. The lowest BCUT2D eigenvalue weighted by atomic mass is 9.98. The molecule has 174 valence electrons. The van der Waals surface area contributed by atoms with Gasteiger partial charge in [-0.05, 0) is 31.9 Å². The molecule has 0 saturated carbocycles. The van der Waals surface area contributed by atoms with Gasteiger partial charge in [0.15, 0.2) is 11.6 Å². The van der Waals surface area contributed by atoms with Crippen molar-refractivity contribution in [3.05, 3.63) is 40.7 Å². The van der Waals surface area contributed by atoms with E-state index in [-0.39, 0.29) is 52.8 Å². The number of nitrogens with one attached hydrogen (secondary N) is 1. The molecule has 0 spiro atoms. The lowest BCUT2D eigenvalue weighted by molar-refractivity contribution is -0.0128. The summed E-state index contributed by atoms with van der Waals surface area (Å²) < 4.78 is 43.9. The Labute approximate surface area is 187 Å². The Hall–Kier alpha value is -3.21. The smallest absolute Gasteiger partial charge is 0.264 e. The topological polar surface area (TPSA) is 96.2 Å². The van der Waals surface area contributed by atoms with Gasteiger partial charge in [-0.25, -0.2) is 18.2 Å². The molecule has 3 atom stereocenters. The Kier molecular flexibility index (Phi) is 5.04. The molecule has 5 rings (SSSR count). The predicted molar refractivity (Wildman–Crippen MR) is 116 cm³/mol. The summed E-state index contributed by atoms with van der Waals surface area (Å²) in [7, 11) is 1.76. The minimum atomic E-state index is -2.71. The van der Waals surface area contributed by atoms with E-state index < -0.39 is 23.3 Å². The van der Waals surface area contributed by atoms with E-state index in [1.165, 1.54) is 22.9 Å². The van der Waals surface area contributed by atoms with Gasteiger partial charge in [0.2, 0.25) is 0 Å². The second kappa shape index (κ2) is 7.68. The molecule has 8 nitrogen and oxygen atoms in total. The minimum absolute atomic E-state index is 0.0494. The molecule has 1 aromatic carbocycles. The minimum Gasteiger partial charge on any atom is -0.507 e. The molecule has 3 aromatic rings. The van der Waals surface area contributed by atoms with Crippen LogP contribution >= 0.6 is 0 Å². The monoisotopic (exact) mass is 460 g/mol. The van der Waals surface area contributed by atoms with Crippen molar-refractivity contribution in [3.8, 4) is 17.1 Å². The number of anilines is 1. The van der Waals surface area contributed by atoms with Crippen LogP contribution in [0.3, 0.4) is 0 Å². The van der Waals surface area contributed by atoms with Gasteiger partial charge in [0.25, 0.3) is 11.5 Å². The van der Waals surface area contributed by atoms with Crippen LogP contribution < -0.4 is 15.8 Å². The second-order valence-electron chi connectivity index (χ2n) is 8.74. The SMILES string of the molecule is CCn1cc(F)c2cc(-c3ncc(N(C)[C@H]4CC5CC(F)(F)C(C4)N5)nn3)c(O)cc2c1=O. The van der Waals surface area contributed by atoms with Crippen LogP contribution in [0.5, 0.6) is 5.75 Å². The van der Waals surface area contributed by atoms with Crippen molar-refractivity contribution in [2.75, 3.05) is 11.9 Å². The van der Waals surface area contributed by atoms with E-state index in [0.29, 0.717) is 18.8 Å². The fourth-order valence-corrected chi connectivity index (χ4v) is 4.88. The number of aryl methyl sites for hydroxylation is 1. The average molecular weight is 460 g/mol. The highest BCUT2D eigenvalue weighted by molar-refractivity contribution is 5.89. The number of aromatic hydroxyl groups is 1. The first-order chi connectivity index (χ1) is 15.7. The maximum atomic E-state index is 14.6. The number of phenols is 1. The van der Waals surface area contributed by atoms with E-state index in [0.717, 1.165) is 6.20 Å². The molecule has 0 amide bonds. The van der Waals surface area contributed by atoms with Crippen LogP contribution in [0.1, 0.15) is 26.2 Å². The first-order valence-electron chi connectivity index (χ1n) is 10.8. The van der Waals surface area contributed by atoms with Crippen molar-refractivity contribution in [1.82, 2.24) is 25.1 Å². The Morgan fingerprint density at radius 3 is 2.73 bits per heavy atom. The van der Waals surface area contributed by atoms with Gasteiger partial charge in [-0.3, -0.25) is 4.79 Å². The number of fused-ring (bicyclic) bond motifs is 3. The van der Waals surface area contributed by atoms with Gasteiger partial charge in [-0.15, -0.1) is 10.2 Å². The van der Waals surface area contributed by atoms with Crippen LogP contribution in [0.4, 0.5) is 19.0 Å². The Morgan fingerprint density at radius 1 is 1.27 bits per heavy atom. The molecule has 2 N–H and O–H groups in total. The van der Waals surface area contributed by atoms with Crippen LogP contribution in [0.2, 0.25) is 0 Å². The van der Waals surface area contributed by atoms with Crippen molar-refractivity contribution < 1.29 is 18.3 Å². The van der Waals surface area contributed by atoms with Gasteiger partial charge < -0.3 is 19.9 Å². The molecule has 2 saturated heterocycles. The normalized spacial score (nSPS) is 23.7. The summed E-state index contributed by atoms with van der Waals surface area (Å²) in [6, 6.07) is 1.30. The molecule has 33 heavy (non-hydrogen) atoms. The quantitative estimate of drug-likeness (QED) is 0.618. The lowest BCUT2D eigenvalue weighted by Gasteiger charge is -2.35. The highest BCUT2D eigenvalue weighted by Crippen LogP contribution is 2.40. The Bertz CT molecular complexity index is 1280. The molecule has 2 aromatic heterocycles. The highest BCUT2D eigenvalue weighted by atomic mass is 19.3. The summed E-state index contributed by atoms with van der Waals surface area (Å²) in [5.74, 6) is -3.12. The summed E-state index contributed by atoms with van der Waals surface area (Å²) in [4.78, 5) is 18.5. The summed E-state index contributed by atoms with van der Waals surface area (Å²) in [5.41, 5.74) is -0.274. The van der Waals surface area contributed by atoms with Gasteiger partial charge in [0, 0.05) is 43.7 Å². The number of phenolic OH excluding ortho intramolecular Hbond substituents is 1. The van der Waals surface area contributed by atoms with Crippen LogP contribution in [0.25, 0.3) is 22.2 Å². The first kappa shape index (κ1) is 21.6. The number of hydrogen-bond acceptors (Lipinski definition) is 7. The van der Waals surface area contributed by atoms with E-state index in [1.807, 2.05) is 0 Å². The van der Waals surface area contributed by atoms with Crippen LogP contribution in [-0.4, -0.2) is 56.0 Å². The van der Waals surface area contributed by atoms with Crippen LogP contribution in [-0.2, 0) is 6.54 Å². The van der Waals surface area contributed by atoms with Crippen molar-refractivity contribution in [2.45, 2.75) is 56.8 Å². The predicted octanol–water partition coefficient (Wildman–Crippen LogP) is 2.68. The summed E-state index contributed by atoms with van der Waals surface area (Å²) in [6.45, 7) is 2.02. The van der Waals surface area contributed by atoms with Gasteiger partial charge >= 0.3 is 0 Å². The molecule has 0 radical (unpaired) electrons. The zero-order chi connectivity index (χ0) is 23.5. The fourth-order valence-electron chi connectivity index (χ4n) is 4.88. The number of benzene rings is 1. The number of piperidine rings is 1. The van der Waals surface area contributed by atoms with E-state index in [1.54, 1.807) is 18.9 Å². The summed E-state index contributed by atoms with van der Waals surface area (Å²) in [5, 5.41) is 21.8. The number of halogens is 3. The van der Waals surface area contributed by atoms with Gasteiger partial charge in [-0.1, -0.05) is 0 Å². The third-order valence-electron chi connectivity index (χ3n) is 6.72. The number of alkyl halides is 2. The molecule has 2 fully saturated rings. The lowest BCUT2D eigenvalue weighted by Crippen LogP contribution is -2.50. The third kappa shape index (κ3) is 3.60. The van der Waals surface area contributed by atoms with Crippen molar-refractivity contribution >= 4 is 16.6 Å². The van der Waals surface area contributed by atoms with Gasteiger partial charge in [0.1, 0.15) is 11.6 Å². The largest absolute Gasteiger partial charge is 0.507 e. The average Bonchev–Trinajstić information content (AvgIpc) is 3.01. The van der Waals surface area contributed by atoms with Crippen molar-refractivity contribution in [2.24, 2.45) is 0 Å². The van der Waals surface area contributed by atoms with Crippen molar-refractivity contribution in [3.63, 3.8) is 0 Å². The fraction of sp³-hybridized carbons (Fsp3) is 0.455. The van der Waals surface area contributed by atoms with Crippen LogP contribution in [0.15, 0.2) is 29.3 Å². The summed E-state index contributed by atoms with van der Waals surface area (Å²) >= 11 is 0. The number of rotatable bonds is 4. The molecule has 0 aliphatic carbocycles. The number of nitrogens with zero attached hydrogens (tertiary/aromatic N) is 5. The second-order valence-corrected chi connectivity index (χ2v) is 8.74. The molecule has 4 heterocycles. The van der Waals surface area contributed by atoms with Crippen LogP contribution in [0, 0.1) is 5.82 Å².